The molecule has 2 N–H and O–H groups in total. The molecule has 0 saturated carbocycles. The number of nitrogens with zero attached hydrogens (tertiary/aromatic N) is 4. The van der Waals surface area contributed by atoms with Crippen molar-refractivity contribution in [3.63, 3.8) is 0 Å². The molecule has 5 amide bonds. The maximum Gasteiger partial charge on any atom is 0.344 e. The zero-order chi connectivity index (χ0) is 25.0. The van der Waals surface area contributed by atoms with E-state index in [-0.39, 0.29) is 18.9 Å². The van der Waals surface area contributed by atoms with E-state index in [1.807, 2.05) is 47.5 Å². The number of amides is 5. The van der Waals surface area contributed by atoms with E-state index in [9.17, 15) is 19.2 Å². The van der Waals surface area contributed by atoms with Crippen LogP contribution in [0.25, 0.3) is 0 Å². The summed E-state index contributed by atoms with van der Waals surface area (Å²) in [5, 5.41) is 6.22. The molecule has 4 rings (SSSR count). The number of carbonyl (C=O) groups excluding carboxylic acids is 4. The average Bonchev–Trinajstić information content (AvgIpc) is 3.34. The second kappa shape index (κ2) is 10.5. The fourth-order valence-corrected chi connectivity index (χ4v) is 5.00. The Morgan fingerprint density at radius 2 is 1.86 bits per heavy atom. The molecule has 3 heterocycles. The van der Waals surface area contributed by atoms with Crippen LogP contribution in [0.1, 0.15) is 29.6 Å². The molecule has 2 aromatic rings. The average molecular weight is 499 g/mol. The van der Waals surface area contributed by atoms with Crippen LogP contribution in [-0.2, 0) is 27.2 Å². The van der Waals surface area contributed by atoms with Crippen molar-refractivity contribution in [2.24, 2.45) is 0 Å². The number of carbonyl (C=O) groups is 4. The summed E-state index contributed by atoms with van der Waals surface area (Å²) in [7, 11) is 0. The number of aryl methyl sites for hydroxylation is 2. The third kappa shape index (κ3) is 6.04. The minimum absolute atomic E-state index is 0.0255. The maximum absolute atomic E-state index is 12.9. The van der Waals surface area contributed by atoms with Gasteiger partial charge in [-0.05, 0) is 32.3 Å². The first-order valence-electron chi connectivity index (χ1n) is 11.6. The number of hydrazine groups is 1. The Balaban J connectivity index is 1.23. The first kappa shape index (κ1) is 24.8. The molecule has 1 atom stereocenters. The molecule has 1 aromatic heterocycles. The minimum Gasteiger partial charge on any atom is -0.340 e. The molecular formula is C24H30N6O4S. The topological polar surface area (TPSA) is 115 Å². The summed E-state index contributed by atoms with van der Waals surface area (Å²) < 4.78 is 0. The number of rotatable bonds is 8. The highest BCUT2D eigenvalue weighted by Gasteiger charge is 2.48. The van der Waals surface area contributed by atoms with Crippen LogP contribution < -0.4 is 10.7 Å². The SMILES string of the molecule is Cc1csc(CC(=O)N2CCN(CC(=O)NN3C(=O)N[C@](C)(CCc4ccccc4)C3=O)CC2)n1. The van der Waals surface area contributed by atoms with E-state index in [0.29, 0.717) is 39.0 Å². The number of nitrogens with one attached hydrogen (secondary N) is 2. The van der Waals surface area contributed by atoms with E-state index in [0.717, 1.165) is 21.3 Å². The summed E-state index contributed by atoms with van der Waals surface area (Å²) in [4.78, 5) is 58.5. The van der Waals surface area contributed by atoms with Gasteiger partial charge in [0, 0.05) is 37.3 Å². The molecule has 2 aliphatic heterocycles. The van der Waals surface area contributed by atoms with Gasteiger partial charge in [0.1, 0.15) is 10.5 Å². The summed E-state index contributed by atoms with van der Waals surface area (Å²) in [5.74, 6) is -0.893. The zero-order valence-corrected chi connectivity index (χ0v) is 20.8. The quantitative estimate of drug-likeness (QED) is 0.527. The predicted octanol–water partition coefficient (Wildman–Crippen LogP) is 1.11. The molecule has 0 aliphatic carbocycles. The molecule has 2 aliphatic rings. The number of piperazine rings is 1. The van der Waals surface area contributed by atoms with E-state index in [4.69, 9.17) is 0 Å². The normalized spacial score (nSPS) is 20.7. The molecule has 1 aromatic carbocycles. The summed E-state index contributed by atoms with van der Waals surface area (Å²) >= 11 is 1.48. The highest BCUT2D eigenvalue weighted by Crippen LogP contribution is 2.22. The van der Waals surface area contributed by atoms with Crippen LogP contribution in [0.2, 0.25) is 0 Å². The molecule has 0 bridgehead atoms. The highest BCUT2D eigenvalue weighted by atomic mass is 32.1. The van der Waals surface area contributed by atoms with E-state index in [1.54, 1.807) is 11.8 Å². The van der Waals surface area contributed by atoms with Crippen molar-refractivity contribution in [3.05, 3.63) is 52.0 Å². The number of hydrogen-bond donors (Lipinski definition) is 2. The second-order valence-electron chi connectivity index (χ2n) is 9.14. The Bertz CT molecular complexity index is 1100. The van der Waals surface area contributed by atoms with Gasteiger partial charge >= 0.3 is 6.03 Å². The fraction of sp³-hybridized carbons (Fsp3) is 0.458. The number of benzene rings is 1. The lowest BCUT2D eigenvalue weighted by molar-refractivity contribution is -0.139. The highest BCUT2D eigenvalue weighted by molar-refractivity contribution is 7.09. The van der Waals surface area contributed by atoms with Crippen LogP contribution in [0.15, 0.2) is 35.7 Å². The van der Waals surface area contributed by atoms with E-state index in [1.165, 1.54) is 11.3 Å². The smallest absolute Gasteiger partial charge is 0.340 e. The molecule has 0 unspecified atom stereocenters. The van der Waals surface area contributed by atoms with Gasteiger partial charge in [-0.1, -0.05) is 30.3 Å². The number of aromatic nitrogens is 1. The fourth-order valence-electron chi connectivity index (χ4n) is 4.24. The summed E-state index contributed by atoms with van der Waals surface area (Å²) in [5.41, 5.74) is 3.35. The lowest BCUT2D eigenvalue weighted by Crippen LogP contribution is -2.54. The largest absolute Gasteiger partial charge is 0.344 e. The predicted molar refractivity (Wildman–Crippen MR) is 130 cm³/mol. The van der Waals surface area contributed by atoms with Crippen molar-refractivity contribution in [2.45, 2.75) is 38.6 Å². The molecule has 11 heteroatoms. The van der Waals surface area contributed by atoms with Crippen molar-refractivity contribution in [3.8, 4) is 0 Å². The van der Waals surface area contributed by atoms with Crippen LogP contribution in [0.3, 0.4) is 0 Å². The van der Waals surface area contributed by atoms with Crippen LogP contribution in [0.4, 0.5) is 4.79 Å². The zero-order valence-electron chi connectivity index (χ0n) is 20.0. The minimum atomic E-state index is -1.08. The lowest BCUT2D eigenvalue weighted by Gasteiger charge is -2.34. The summed E-state index contributed by atoms with van der Waals surface area (Å²) in [6.07, 6.45) is 1.33. The van der Waals surface area contributed by atoms with Gasteiger partial charge in [0.2, 0.25) is 5.91 Å². The molecule has 186 valence electrons. The van der Waals surface area contributed by atoms with Crippen molar-refractivity contribution in [1.82, 2.24) is 30.5 Å². The number of thiazole rings is 1. The number of hydrogen-bond acceptors (Lipinski definition) is 7. The standard InChI is InChI=1S/C24H30N6O4S/c1-17-16-35-20(25-17)14-21(32)29-12-10-28(11-13-29)15-19(31)27-30-22(33)24(2,26-23(30)34)9-8-18-6-4-3-5-7-18/h3-7,16H,8-15H2,1-2H3,(H,26,34)(H,27,31)/t24-/m1/s1. The van der Waals surface area contributed by atoms with Gasteiger partial charge in [-0.25, -0.2) is 9.78 Å². The first-order valence-corrected chi connectivity index (χ1v) is 12.5. The third-order valence-corrected chi connectivity index (χ3v) is 7.28. The summed E-state index contributed by atoms with van der Waals surface area (Å²) in [6, 6.07) is 9.08. The van der Waals surface area contributed by atoms with Crippen molar-refractivity contribution >= 4 is 35.1 Å². The van der Waals surface area contributed by atoms with Gasteiger partial charge in [0.05, 0.1) is 13.0 Å². The molecule has 2 fully saturated rings. The van der Waals surface area contributed by atoms with Crippen LogP contribution >= 0.6 is 11.3 Å². The molecule has 0 radical (unpaired) electrons. The van der Waals surface area contributed by atoms with Crippen LogP contribution in [0.5, 0.6) is 0 Å². The Kier molecular flexibility index (Phi) is 7.46. The molecule has 10 nitrogen and oxygen atoms in total. The Hall–Kier alpha value is -3.31. The van der Waals surface area contributed by atoms with Gasteiger partial charge in [0.15, 0.2) is 0 Å². The molecule has 2 saturated heterocycles. The van der Waals surface area contributed by atoms with E-state index in [2.05, 4.69) is 15.7 Å². The Morgan fingerprint density at radius 3 is 2.51 bits per heavy atom. The molecule has 0 spiro atoms. The monoisotopic (exact) mass is 498 g/mol. The molecular weight excluding hydrogens is 468 g/mol. The van der Waals surface area contributed by atoms with Crippen molar-refractivity contribution in [1.29, 1.82) is 0 Å². The van der Waals surface area contributed by atoms with Gasteiger partial charge < -0.3 is 10.2 Å². The Labute approximate surface area is 208 Å². The van der Waals surface area contributed by atoms with Gasteiger partial charge in [0.25, 0.3) is 11.8 Å². The maximum atomic E-state index is 12.9. The number of urea groups is 1. The van der Waals surface area contributed by atoms with E-state index < -0.39 is 23.4 Å². The Morgan fingerprint density at radius 1 is 1.14 bits per heavy atom. The van der Waals surface area contributed by atoms with Crippen LogP contribution in [0, 0.1) is 6.92 Å². The van der Waals surface area contributed by atoms with E-state index >= 15 is 0 Å². The van der Waals surface area contributed by atoms with Gasteiger partial charge in [-0.2, -0.15) is 5.01 Å². The van der Waals surface area contributed by atoms with Crippen LogP contribution in [-0.4, -0.2) is 81.8 Å². The van der Waals surface area contributed by atoms with Gasteiger partial charge in [-0.15, -0.1) is 11.3 Å². The first-order chi connectivity index (χ1) is 16.7. The third-order valence-electron chi connectivity index (χ3n) is 6.32. The van der Waals surface area contributed by atoms with Crippen molar-refractivity contribution < 1.29 is 19.2 Å². The lowest BCUT2D eigenvalue weighted by atomic mass is 9.93. The van der Waals surface area contributed by atoms with Gasteiger partial charge in [-0.3, -0.25) is 24.7 Å². The molecule has 35 heavy (non-hydrogen) atoms. The second-order valence-corrected chi connectivity index (χ2v) is 10.1. The summed E-state index contributed by atoms with van der Waals surface area (Å²) in [6.45, 7) is 5.69. The van der Waals surface area contributed by atoms with Crippen molar-refractivity contribution in [2.75, 3.05) is 32.7 Å². The number of imide groups is 1.